The maximum Gasteiger partial charge on any atom is 0.411 e. The Morgan fingerprint density at radius 1 is 0.812 bits per heavy atom. The Balaban J connectivity index is 0.000000677. The van der Waals surface area contributed by atoms with Gasteiger partial charge in [-0.15, -0.1) is 0 Å². The molecule has 0 fully saturated rings. The van der Waals surface area contributed by atoms with Gasteiger partial charge in [-0.3, -0.25) is 10.1 Å². The molecule has 0 aliphatic heterocycles. The van der Waals surface area contributed by atoms with E-state index in [-0.39, 0.29) is 11.7 Å². The van der Waals surface area contributed by atoms with Gasteiger partial charge in [0.15, 0.2) is 0 Å². The summed E-state index contributed by atoms with van der Waals surface area (Å²) in [4.78, 5) is 21.2. The first-order valence-corrected chi connectivity index (χ1v) is 12.4. The normalized spacial score (nSPS) is 10.2. The molecule has 4 N–H and O–H groups in total. The summed E-state index contributed by atoms with van der Waals surface area (Å²) in [6.07, 6.45) is 20.3. The number of carbonyl (C=O) groups is 2. The Kier molecular flexibility index (Phi) is 20.4. The van der Waals surface area contributed by atoms with Crippen molar-refractivity contribution in [3.05, 3.63) is 24.3 Å². The highest BCUT2D eigenvalue weighted by atomic mass is 16.5. The van der Waals surface area contributed by atoms with Crippen LogP contribution in [0.25, 0.3) is 0 Å². The molecule has 6 nitrogen and oxygen atoms in total. The number of phenolic OH excluding ortho intramolecular Hbond substituents is 1. The van der Waals surface area contributed by atoms with E-state index in [1.54, 1.807) is 18.2 Å². The van der Waals surface area contributed by atoms with Crippen LogP contribution in [0.15, 0.2) is 24.3 Å². The van der Waals surface area contributed by atoms with E-state index in [1.165, 1.54) is 103 Å². The van der Waals surface area contributed by atoms with Gasteiger partial charge in [-0.2, -0.15) is 0 Å². The number of nitrogens with two attached hydrogens (primary N) is 1. The molecule has 1 aromatic carbocycles. The third kappa shape index (κ3) is 19.7. The molecule has 0 atom stereocenters. The van der Waals surface area contributed by atoms with Crippen molar-refractivity contribution in [3.8, 4) is 5.75 Å². The van der Waals surface area contributed by atoms with E-state index in [2.05, 4.69) is 17.0 Å². The van der Waals surface area contributed by atoms with Gasteiger partial charge in [0.05, 0.1) is 12.8 Å². The summed E-state index contributed by atoms with van der Waals surface area (Å²) in [5.41, 5.74) is 5.45. The SMILES string of the molecule is CCCCCCCCCCCCCCCCCC(N)=O.COC(=O)Nc1ccccc1O. The zero-order valence-corrected chi connectivity index (χ0v) is 20.4. The molecule has 2 amide bonds. The summed E-state index contributed by atoms with van der Waals surface area (Å²) in [5, 5.41) is 11.5. The van der Waals surface area contributed by atoms with Gasteiger partial charge in [0, 0.05) is 6.42 Å². The second-order valence-electron chi connectivity index (χ2n) is 8.30. The molecule has 32 heavy (non-hydrogen) atoms. The van der Waals surface area contributed by atoms with Crippen LogP contribution in [-0.4, -0.2) is 24.2 Å². The number of para-hydroxylation sites is 2. The minimum Gasteiger partial charge on any atom is -0.506 e. The summed E-state index contributed by atoms with van der Waals surface area (Å²) >= 11 is 0. The van der Waals surface area contributed by atoms with Crippen LogP contribution in [0.4, 0.5) is 10.5 Å². The Morgan fingerprint density at radius 3 is 1.66 bits per heavy atom. The Bertz CT molecular complexity index is 593. The van der Waals surface area contributed by atoms with Gasteiger partial charge < -0.3 is 15.6 Å². The number of phenols is 1. The summed E-state index contributed by atoms with van der Waals surface area (Å²) in [6, 6.07) is 6.42. The van der Waals surface area contributed by atoms with Gasteiger partial charge in [0.25, 0.3) is 0 Å². The third-order valence-electron chi connectivity index (χ3n) is 5.35. The molecule has 0 saturated carbocycles. The van der Waals surface area contributed by atoms with Gasteiger partial charge in [-0.05, 0) is 18.6 Å². The molecule has 0 aliphatic rings. The standard InChI is InChI=1S/C18H37NO.C8H9NO3/c1-2-3-4-5-6-7-8-9-10-11-12-13-14-15-16-17-18(19)20;1-12-8(11)9-6-4-2-3-5-7(6)10/h2-17H2,1H3,(H2,19,20);2-5,10H,1H3,(H,9,11). The predicted octanol–water partition coefficient (Wildman–Crippen LogP) is 7.30. The number of hydrogen-bond donors (Lipinski definition) is 3. The van der Waals surface area contributed by atoms with Gasteiger partial charge >= 0.3 is 6.09 Å². The predicted molar refractivity (Wildman–Crippen MR) is 133 cm³/mol. The number of methoxy groups -OCH3 is 1. The average molecular weight is 451 g/mol. The number of ether oxygens (including phenoxy) is 1. The Labute approximate surface area is 195 Å². The molecule has 0 heterocycles. The molecule has 6 heteroatoms. The van der Waals surface area contributed by atoms with E-state index in [0.29, 0.717) is 12.1 Å². The summed E-state index contributed by atoms with van der Waals surface area (Å²) < 4.78 is 4.35. The van der Waals surface area contributed by atoms with Crippen molar-refractivity contribution in [3.63, 3.8) is 0 Å². The number of rotatable bonds is 17. The third-order valence-corrected chi connectivity index (χ3v) is 5.35. The smallest absolute Gasteiger partial charge is 0.411 e. The van der Waals surface area contributed by atoms with Crippen LogP contribution in [0.3, 0.4) is 0 Å². The van der Waals surface area contributed by atoms with E-state index in [4.69, 9.17) is 5.73 Å². The first-order valence-electron chi connectivity index (χ1n) is 12.4. The Morgan fingerprint density at radius 2 is 1.25 bits per heavy atom. The minimum atomic E-state index is -0.600. The number of anilines is 1. The fourth-order valence-corrected chi connectivity index (χ4v) is 3.41. The molecule has 0 bridgehead atoms. The summed E-state index contributed by atoms with van der Waals surface area (Å²) in [7, 11) is 1.26. The van der Waals surface area contributed by atoms with Crippen LogP contribution in [-0.2, 0) is 9.53 Å². The number of aromatic hydroxyl groups is 1. The van der Waals surface area contributed by atoms with Crippen molar-refractivity contribution in [2.75, 3.05) is 12.4 Å². The van der Waals surface area contributed by atoms with Crippen molar-refractivity contribution >= 4 is 17.7 Å². The Hall–Kier alpha value is -2.24. The zero-order valence-electron chi connectivity index (χ0n) is 20.4. The molecule has 1 rings (SSSR count). The lowest BCUT2D eigenvalue weighted by Crippen LogP contribution is -2.10. The van der Waals surface area contributed by atoms with Crippen LogP contribution in [0.5, 0.6) is 5.75 Å². The number of benzene rings is 1. The summed E-state index contributed by atoms with van der Waals surface area (Å²) in [6.45, 7) is 2.28. The minimum absolute atomic E-state index is 0.0166. The van der Waals surface area contributed by atoms with Gasteiger partial charge in [-0.25, -0.2) is 4.79 Å². The lowest BCUT2D eigenvalue weighted by Gasteiger charge is -2.04. The van der Waals surface area contributed by atoms with Crippen LogP contribution in [0.1, 0.15) is 110 Å². The van der Waals surface area contributed by atoms with Gasteiger partial charge in [0.2, 0.25) is 5.91 Å². The van der Waals surface area contributed by atoms with Crippen molar-refractivity contribution in [2.24, 2.45) is 5.73 Å². The number of amides is 2. The van der Waals surface area contributed by atoms with Crippen LogP contribution >= 0.6 is 0 Å². The first-order chi connectivity index (χ1) is 15.5. The van der Waals surface area contributed by atoms with E-state index < -0.39 is 6.09 Å². The number of unbranched alkanes of at least 4 members (excludes halogenated alkanes) is 14. The molecule has 0 unspecified atom stereocenters. The first kappa shape index (κ1) is 29.8. The maximum atomic E-state index is 10.7. The van der Waals surface area contributed by atoms with E-state index >= 15 is 0 Å². The highest BCUT2D eigenvalue weighted by Crippen LogP contribution is 2.21. The second kappa shape index (κ2) is 22.0. The van der Waals surface area contributed by atoms with Crippen molar-refractivity contribution in [2.45, 2.75) is 110 Å². The molecule has 0 aromatic heterocycles. The van der Waals surface area contributed by atoms with Crippen LogP contribution < -0.4 is 11.1 Å². The number of carbonyl (C=O) groups excluding carboxylic acids is 2. The molecular formula is C26H46N2O4. The molecule has 0 radical (unpaired) electrons. The molecule has 1 aromatic rings. The number of primary amides is 1. The molecule has 0 aliphatic carbocycles. The molecule has 0 spiro atoms. The maximum absolute atomic E-state index is 10.7. The fourth-order valence-electron chi connectivity index (χ4n) is 3.41. The van der Waals surface area contributed by atoms with Crippen molar-refractivity contribution in [1.82, 2.24) is 0 Å². The van der Waals surface area contributed by atoms with Crippen molar-refractivity contribution < 1.29 is 19.4 Å². The molecular weight excluding hydrogens is 404 g/mol. The highest BCUT2D eigenvalue weighted by Gasteiger charge is 2.03. The van der Waals surface area contributed by atoms with E-state index in [9.17, 15) is 14.7 Å². The zero-order chi connectivity index (χ0) is 23.9. The van der Waals surface area contributed by atoms with E-state index in [1.807, 2.05) is 0 Å². The second-order valence-corrected chi connectivity index (χ2v) is 8.30. The summed E-state index contributed by atoms with van der Waals surface area (Å²) in [5.74, 6) is -0.136. The van der Waals surface area contributed by atoms with Crippen molar-refractivity contribution in [1.29, 1.82) is 0 Å². The lowest BCUT2D eigenvalue weighted by molar-refractivity contribution is -0.118. The van der Waals surface area contributed by atoms with E-state index in [0.717, 1.165) is 6.42 Å². The number of nitrogens with one attached hydrogen (secondary N) is 1. The van der Waals surface area contributed by atoms with Crippen LogP contribution in [0.2, 0.25) is 0 Å². The molecule has 184 valence electrons. The fraction of sp³-hybridized carbons (Fsp3) is 0.692. The van der Waals surface area contributed by atoms with Gasteiger partial charge in [-0.1, -0.05) is 109 Å². The number of hydrogen-bond acceptors (Lipinski definition) is 4. The van der Waals surface area contributed by atoms with Crippen LogP contribution in [0, 0.1) is 0 Å². The quantitative estimate of drug-likeness (QED) is 0.171. The monoisotopic (exact) mass is 450 g/mol. The highest BCUT2D eigenvalue weighted by molar-refractivity contribution is 5.86. The molecule has 0 saturated heterocycles. The largest absolute Gasteiger partial charge is 0.506 e. The van der Waals surface area contributed by atoms with Gasteiger partial charge in [0.1, 0.15) is 5.75 Å². The average Bonchev–Trinajstić information content (AvgIpc) is 2.78. The lowest BCUT2D eigenvalue weighted by atomic mass is 10.0. The topological polar surface area (TPSA) is 102 Å².